The van der Waals surface area contributed by atoms with E-state index < -0.39 is 5.69 Å². The highest BCUT2D eigenvalue weighted by Gasteiger charge is 2.13. The van der Waals surface area contributed by atoms with Gasteiger partial charge in [-0.1, -0.05) is 56.3 Å². The molecule has 4 nitrogen and oxygen atoms in total. The van der Waals surface area contributed by atoms with Gasteiger partial charge in [-0.3, -0.25) is 9.78 Å². The van der Waals surface area contributed by atoms with Gasteiger partial charge in [0.1, 0.15) is 0 Å². The van der Waals surface area contributed by atoms with Crippen LogP contribution >= 0.6 is 0 Å². The molecule has 0 aliphatic carbocycles. The summed E-state index contributed by atoms with van der Waals surface area (Å²) in [5.41, 5.74) is 1.66. The van der Waals surface area contributed by atoms with Crippen LogP contribution in [-0.4, -0.2) is 9.97 Å². The topological polar surface area (TPSA) is 65.7 Å². The van der Waals surface area contributed by atoms with Crippen molar-refractivity contribution in [2.24, 2.45) is 0 Å². The highest BCUT2D eigenvalue weighted by molar-refractivity contribution is 5.83. The fraction of sp³-hybridized carbons (Fsp3) is 0.222. The lowest BCUT2D eigenvalue weighted by molar-refractivity contribution is 0.788. The highest BCUT2D eigenvalue weighted by atomic mass is 16.2. The molecule has 2 N–H and O–H groups in total. The van der Waals surface area contributed by atoms with Crippen LogP contribution in [0.5, 0.6) is 0 Å². The predicted molar refractivity (Wildman–Crippen MR) is 88.5 cm³/mol. The molecular weight excluding hydrogens is 276 g/mol. The fourth-order valence-corrected chi connectivity index (χ4v) is 2.85. The predicted octanol–water partition coefficient (Wildman–Crippen LogP) is 2.93. The number of rotatable bonds is 3. The van der Waals surface area contributed by atoms with Crippen LogP contribution < -0.4 is 11.2 Å². The van der Waals surface area contributed by atoms with Gasteiger partial charge in [0.2, 0.25) is 0 Å². The fourth-order valence-electron chi connectivity index (χ4n) is 2.85. The third-order valence-corrected chi connectivity index (χ3v) is 3.83. The van der Waals surface area contributed by atoms with Gasteiger partial charge >= 0.3 is 5.69 Å². The molecule has 4 heteroatoms. The van der Waals surface area contributed by atoms with E-state index in [1.807, 2.05) is 32.0 Å². The number of aromatic amines is 2. The molecule has 0 saturated carbocycles. The van der Waals surface area contributed by atoms with Crippen molar-refractivity contribution in [3.63, 3.8) is 0 Å². The number of nitrogens with one attached hydrogen (secondary N) is 2. The standard InChI is InChI=1S/C18H18N2O2/c1-11(2)16-15(19-18(22)20-17(16)21)10-12-7-8-13-5-3-4-6-14(13)9-12/h3-9,11H,10H2,1-2H3,(H2,19,20,21,22). The van der Waals surface area contributed by atoms with Crippen LogP contribution in [0.4, 0.5) is 0 Å². The molecule has 0 radical (unpaired) electrons. The maximum atomic E-state index is 12.0. The zero-order valence-electron chi connectivity index (χ0n) is 12.6. The number of H-pyrrole nitrogens is 2. The van der Waals surface area contributed by atoms with Gasteiger partial charge < -0.3 is 4.98 Å². The Morgan fingerprint density at radius 3 is 2.41 bits per heavy atom. The van der Waals surface area contributed by atoms with E-state index >= 15 is 0 Å². The Bertz CT molecular complexity index is 935. The first-order chi connectivity index (χ1) is 10.5. The van der Waals surface area contributed by atoms with Crippen LogP contribution in [0.1, 0.15) is 36.6 Å². The van der Waals surface area contributed by atoms with Crippen molar-refractivity contribution in [3.05, 3.63) is 80.1 Å². The van der Waals surface area contributed by atoms with Crippen molar-refractivity contribution < 1.29 is 0 Å². The van der Waals surface area contributed by atoms with E-state index in [4.69, 9.17) is 0 Å². The zero-order valence-corrected chi connectivity index (χ0v) is 12.6. The molecule has 0 saturated heterocycles. The van der Waals surface area contributed by atoms with Gasteiger partial charge in [0, 0.05) is 17.7 Å². The second-order valence-electron chi connectivity index (χ2n) is 5.81. The van der Waals surface area contributed by atoms with Crippen LogP contribution in [-0.2, 0) is 6.42 Å². The van der Waals surface area contributed by atoms with Crippen molar-refractivity contribution in [1.29, 1.82) is 0 Å². The van der Waals surface area contributed by atoms with Crippen LogP contribution in [0, 0.1) is 0 Å². The summed E-state index contributed by atoms with van der Waals surface area (Å²) in [7, 11) is 0. The van der Waals surface area contributed by atoms with Crippen LogP contribution in [0.2, 0.25) is 0 Å². The second-order valence-corrected chi connectivity index (χ2v) is 5.81. The molecule has 112 valence electrons. The summed E-state index contributed by atoms with van der Waals surface area (Å²) in [5.74, 6) is 0.0519. The van der Waals surface area contributed by atoms with E-state index in [1.54, 1.807) is 0 Å². The number of hydrogen-bond donors (Lipinski definition) is 2. The van der Waals surface area contributed by atoms with Gasteiger partial charge in [0.05, 0.1) is 0 Å². The van der Waals surface area contributed by atoms with E-state index in [-0.39, 0.29) is 11.5 Å². The van der Waals surface area contributed by atoms with Crippen molar-refractivity contribution in [1.82, 2.24) is 9.97 Å². The van der Waals surface area contributed by atoms with Crippen LogP contribution in [0.15, 0.2) is 52.1 Å². The molecule has 0 aliphatic heterocycles. The molecule has 0 unspecified atom stereocenters. The molecule has 0 amide bonds. The Balaban J connectivity index is 2.08. The Hall–Kier alpha value is -2.62. The molecule has 22 heavy (non-hydrogen) atoms. The van der Waals surface area contributed by atoms with Crippen molar-refractivity contribution in [2.45, 2.75) is 26.2 Å². The average Bonchev–Trinajstić information content (AvgIpc) is 2.46. The normalized spacial score (nSPS) is 11.2. The Morgan fingerprint density at radius 1 is 0.955 bits per heavy atom. The molecule has 3 rings (SSSR count). The van der Waals surface area contributed by atoms with Crippen LogP contribution in [0.25, 0.3) is 10.8 Å². The van der Waals surface area contributed by atoms with Crippen LogP contribution in [0.3, 0.4) is 0 Å². The van der Waals surface area contributed by atoms with E-state index in [2.05, 4.69) is 34.2 Å². The summed E-state index contributed by atoms with van der Waals surface area (Å²) < 4.78 is 0. The first kappa shape index (κ1) is 14.3. The van der Waals surface area contributed by atoms with Gasteiger partial charge in [-0.25, -0.2) is 4.79 Å². The molecule has 0 fully saturated rings. The van der Waals surface area contributed by atoms with Crippen molar-refractivity contribution >= 4 is 10.8 Å². The number of aromatic nitrogens is 2. The molecule has 0 spiro atoms. The Morgan fingerprint density at radius 2 is 1.68 bits per heavy atom. The van der Waals surface area contributed by atoms with Gasteiger partial charge in [-0.15, -0.1) is 0 Å². The molecule has 0 bridgehead atoms. The monoisotopic (exact) mass is 294 g/mol. The largest absolute Gasteiger partial charge is 0.325 e. The zero-order chi connectivity index (χ0) is 15.7. The summed E-state index contributed by atoms with van der Waals surface area (Å²) in [6.07, 6.45) is 0.539. The minimum Gasteiger partial charge on any atom is -0.311 e. The van der Waals surface area contributed by atoms with E-state index in [0.29, 0.717) is 17.7 Å². The van der Waals surface area contributed by atoms with Gasteiger partial charge in [-0.2, -0.15) is 0 Å². The molecular formula is C18H18N2O2. The summed E-state index contributed by atoms with van der Waals surface area (Å²) in [6, 6.07) is 14.3. The minimum atomic E-state index is -0.454. The second kappa shape index (κ2) is 5.64. The van der Waals surface area contributed by atoms with E-state index in [9.17, 15) is 9.59 Å². The van der Waals surface area contributed by atoms with E-state index in [1.165, 1.54) is 5.39 Å². The van der Waals surface area contributed by atoms with Gasteiger partial charge in [0.25, 0.3) is 5.56 Å². The summed E-state index contributed by atoms with van der Waals surface area (Å²) >= 11 is 0. The lowest BCUT2D eigenvalue weighted by Crippen LogP contribution is -2.28. The first-order valence-corrected chi connectivity index (χ1v) is 7.37. The summed E-state index contributed by atoms with van der Waals surface area (Å²) in [6.45, 7) is 3.90. The minimum absolute atomic E-state index is 0.0519. The number of fused-ring (bicyclic) bond motifs is 1. The summed E-state index contributed by atoms with van der Waals surface area (Å²) in [4.78, 5) is 28.7. The molecule has 3 aromatic rings. The highest BCUT2D eigenvalue weighted by Crippen LogP contribution is 2.20. The first-order valence-electron chi connectivity index (χ1n) is 7.37. The third-order valence-electron chi connectivity index (χ3n) is 3.83. The summed E-state index contributed by atoms with van der Waals surface area (Å²) in [5, 5.41) is 2.33. The smallest absolute Gasteiger partial charge is 0.311 e. The Kier molecular flexibility index (Phi) is 3.67. The Labute approximate surface area is 127 Å². The van der Waals surface area contributed by atoms with Crippen molar-refractivity contribution in [2.75, 3.05) is 0 Å². The third kappa shape index (κ3) is 2.72. The number of hydrogen-bond acceptors (Lipinski definition) is 2. The van der Waals surface area contributed by atoms with Gasteiger partial charge in [-0.05, 0) is 22.3 Å². The lowest BCUT2D eigenvalue weighted by Gasteiger charge is -2.11. The van der Waals surface area contributed by atoms with E-state index in [0.717, 1.165) is 10.9 Å². The quantitative estimate of drug-likeness (QED) is 0.780. The SMILES string of the molecule is CC(C)c1c(Cc2ccc3ccccc3c2)[nH]c(=O)[nH]c1=O. The molecule has 1 aromatic heterocycles. The maximum Gasteiger partial charge on any atom is 0.325 e. The lowest BCUT2D eigenvalue weighted by atomic mass is 9.97. The average molecular weight is 294 g/mol. The van der Waals surface area contributed by atoms with Crippen molar-refractivity contribution in [3.8, 4) is 0 Å². The molecule has 0 aliphatic rings. The molecule has 0 atom stereocenters. The molecule has 2 aromatic carbocycles. The number of benzene rings is 2. The maximum absolute atomic E-state index is 12.0. The molecule has 1 heterocycles. The van der Waals surface area contributed by atoms with Gasteiger partial charge in [0.15, 0.2) is 0 Å².